The minimum absolute atomic E-state index is 0.0628. The Morgan fingerprint density at radius 1 is 0.591 bits per heavy atom. The highest BCUT2D eigenvalue weighted by atomic mass is 19.1. The van der Waals surface area contributed by atoms with Crippen LogP contribution in [0.15, 0.2) is 95.2 Å². The van der Waals surface area contributed by atoms with E-state index in [1.54, 1.807) is 0 Å². The lowest BCUT2D eigenvalue weighted by atomic mass is 9.95. The number of nitrogens with one attached hydrogen (secondary N) is 2. The molecule has 8 rings (SSSR count). The van der Waals surface area contributed by atoms with Gasteiger partial charge in [0.2, 0.25) is 11.8 Å². The third kappa shape index (κ3) is 9.64. The summed E-state index contributed by atoms with van der Waals surface area (Å²) in [6, 6.07) is 22.7. The van der Waals surface area contributed by atoms with Gasteiger partial charge in [0.1, 0.15) is 17.9 Å². The van der Waals surface area contributed by atoms with Gasteiger partial charge in [-0.2, -0.15) is 0 Å². The second-order valence-electron chi connectivity index (χ2n) is 18.7. The quantitative estimate of drug-likeness (QED) is 0.174. The number of carbonyl (C=O) groups excluding carboxylic acids is 4. The molecule has 13 nitrogen and oxygen atoms in total. The molecule has 2 N–H and O–H groups in total. The summed E-state index contributed by atoms with van der Waals surface area (Å²) in [6.45, 7) is 8.90. The third-order valence-corrected chi connectivity index (χ3v) is 14.0. The number of allylic oxidation sites excluding steroid dienone is 2. The predicted molar refractivity (Wildman–Crippen MR) is 254 cm³/mol. The molecule has 3 aromatic rings. The zero-order chi connectivity index (χ0) is 46.6. The summed E-state index contributed by atoms with van der Waals surface area (Å²) < 4.78 is 23.9. The van der Waals surface area contributed by atoms with Crippen LogP contribution in [0, 0.1) is 17.7 Å². The van der Waals surface area contributed by atoms with Crippen LogP contribution in [0.2, 0.25) is 0 Å². The minimum Gasteiger partial charge on any atom is -0.453 e. The Bertz CT molecular complexity index is 2270. The van der Waals surface area contributed by atoms with E-state index in [-0.39, 0.29) is 53.6 Å². The lowest BCUT2D eigenvalue weighted by Crippen LogP contribution is -2.53. The fourth-order valence-corrected chi connectivity index (χ4v) is 10.4. The molecule has 5 aliphatic heterocycles. The second-order valence-corrected chi connectivity index (χ2v) is 18.7. The number of hydrogen-bond donors (Lipinski definition) is 2. The molecular weight excluding hydrogens is 838 g/mol. The average Bonchev–Trinajstić information content (AvgIpc) is 4.19. The molecule has 14 heteroatoms. The van der Waals surface area contributed by atoms with Crippen LogP contribution in [-0.2, 0) is 19.1 Å². The lowest BCUT2D eigenvalue weighted by molar-refractivity contribution is -0.134. The van der Waals surface area contributed by atoms with Crippen LogP contribution in [0.3, 0.4) is 0 Å². The largest absolute Gasteiger partial charge is 0.453 e. The van der Waals surface area contributed by atoms with Crippen LogP contribution in [0.5, 0.6) is 0 Å². The Morgan fingerprint density at radius 2 is 1.00 bits per heavy atom. The summed E-state index contributed by atoms with van der Waals surface area (Å²) >= 11 is 0. The Morgan fingerprint density at radius 3 is 1.38 bits per heavy atom. The van der Waals surface area contributed by atoms with E-state index in [1.807, 2.05) is 62.0 Å². The van der Waals surface area contributed by atoms with E-state index in [0.29, 0.717) is 25.9 Å². The van der Waals surface area contributed by atoms with E-state index in [2.05, 4.69) is 64.1 Å². The number of aliphatic imine (C=N–C) groups is 2. The Hall–Kier alpha value is -6.31. The fraction of sp³-hybridized carbons (Fsp3) is 0.462. The smallest absolute Gasteiger partial charge is 0.407 e. The van der Waals surface area contributed by atoms with E-state index in [4.69, 9.17) is 19.5 Å². The highest BCUT2D eigenvalue weighted by molar-refractivity contribution is 6.05. The van der Waals surface area contributed by atoms with Gasteiger partial charge in [0.25, 0.3) is 0 Å². The van der Waals surface area contributed by atoms with Crippen molar-refractivity contribution in [3.05, 3.63) is 113 Å². The Balaban J connectivity index is 0.928. The molecule has 0 aromatic heterocycles. The van der Waals surface area contributed by atoms with E-state index >= 15 is 0 Å². The van der Waals surface area contributed by atoms with Gasteiger partial charge in [-0.1, -0.05) is 76.2 Å². The molecule has 348 valence electrons. The van der Waals surface area contributed by atoms with Crippen LogP contribution < -0.4 is 15.5 Å². The summed E-state index contributed by atoms with van der Waals surface area (Å²) in [4.78, 5) is 67.4. The lowest BCUT2D eigenvalue weighted by Gasteiger charge is -2.33. The van der Waals surface area contributed by atoms with Gasteiger partial charge < -0.3 is 34.8 Å². The maximum atomic E-state index is 14.3. The van der Waals surface area contributed by atoms with Crippen LogP contribution in [0.25, 0.3) is 11.1 Å². The molecule has 3 fully saturated rings. The predicted octanol–water partition coefficient (Wildman–Crippen LogP) is 9.02. The second kappa shape index (κ2) is 20.1. The van der Waals surface area contributed by atoms with Crippen LogP contribution in [0.4, 0.5) is 19.7 Å². The Kier molecular flexibility index (Phi) is 14.0. The number of nitrogens with zero attached hydrogens (tertiary/aromatic N) is 5. The molecule has 5 aliphatic rings. The van der Waals surface area contributed by atoms with Crippen LogP contribution >= 0.6 is 0 Å². The Labute approximate surface area is 387 Å². The molecule has 0 spiro atoms. The third-order valence-electron chi connectivity index (χ3n) is 14.0. The number of alkyl carbamates (subject to hydrolysis) is 2. The maximum Gasteiger partial charge on any atom is 0.407 e. The van der Waals surface area contributed by atoms with Crippen molar-refractivity contribution in [1.29, 1.82) is 0 Å². The van der Waals surface area contributed by atoms with Crippen molar-refractivity contribution in [3.63, 3.8) is 0 Å². The van der Waals surface area contributed by atoms with Gasteiger partial charge in [-0.05, 0) is 108 Å². The summed E-state index contributed by atoms with van der Waals surface area (Å²) in [5.41, 5.74) is 9.58. The van der Waals surface area contributed by atoms with E-state index in [1.165, 1.54) is 37.5 Å². The molecule has 0 unspecified atom stereocenters. The molecule has 6 atom stereocenters. The molecule has 0 aliphatic carbocycles. The first-order valence-electron chi connectivity index (χ1n) is 23.4. The number of hydrogen-bond acceptors (Lipinski definition) is 9. The first-order valence-corrected chi connectivity index (χ1v) is 23.4. The highest BCUT2D eigenvalue weighted by Gasteiger charge is 2.41. The minimum atomic E-state index is -0.680. The summed E-state index contributed by atoms with van der Waals surface area (Å²) in [5.74, 6) is -0.701. The molecule has 3 saturated heterocycles. The van der Waals surface area contributed by atoms with Crippen molar-refractivity contribution in [2.75, 3.05) is 32.2 Å². The number of ether oxygens (including phenoxy) is 2. The number of likely N-dealkylation sites (tertiary alicyclic amines) is 2. The molecule has 5 heterocycles. The van der Waals surface area contributed by atoms with Gasteiger partial charge in [0.15, 0.2) is 0 Å². The molecule has 0 bridgehead atoms. The standard InChI is InChI=1S/C52H62FN7O6/c1-31(2)47(56-51(63)65-5)49(61)58-25-7-9-45(58)41-27-37(29-54-41)33-11-15-35(16-12-33)43-23-24-44(60(43)40-21-19-39(53)20-22-40)36-17-13-34(14-18-36)38-28-42(55-30-38)46-10-8-26-59(46)50(62)48(32(3)4)57-52(64)66-6/h11-22,29-32,43-48H,7-10,23-28H2,1-6H3,(H,56,63)(H,57,64)/t43-,44-,45+,46+,47+,48+/m1/s1. The topological polar surface area (TPSA) is 145 Å². The molecule has 0 saturated carbocycles. The van der Waals surface area contributed by atoms with E-state index < -0.39 is 24.3 Å². The summed E-state index contributed by atoms with van der Waals surface area (Å²) in [7, 11) is 2.60. The zero-order valence-corrected chi connectivity index (χ0v) is 38.8. The van der Waals surface area contributed by atoms with Crippen molar-refractivity contribution in [2.24, 2.45) is 21.8 Å². The SMILES string of the molecule is COC(=O)N[C@H](C(=O)N1CCC[C@H]1C1=NC=C(c2ccc([C@H]3CC[C@H](c4ccc(C5=CN=C([C@@H]6CCCN6C(=O)[C@@H](NC(=O)OC)C(C)C)C5)cc4)N3c3ccc(F)cc3)cc2)C1)C(C)C. The van der Waals surface area contributed by atoms with Crippen molar-refractivity contribution in [2.45, 2.75) is 115 Å². The van der Waals surface area contributed by atoms with Gasteiger partial charge in [-0.25, -0.2) is 14.0 Å². The molecule has 3 aromatic carbocycles. The van der Waals surface area contributed by atoms with Gasteiger partial charge in [0.05, 0.1) is 38.4 Å². The number of anilines is 1. The monoisotopic (exact) mass is 899 g/mol. The van der Waals surface area contributed by atoms with Gasteiger partial charge in [-0.3, -0.25) is 19.6 Å². The fourth-order valence-electron chi connectivity index (χ4n) is 10.4. The number of methoxy groups -OCH3 is 2. The van der Waals surface area contributed by atoms with E-state index in [9.17, 15) is 23.6 Å². The van der Waals surface area contributed by atoms with Crippen LogP contribution in [0.1, 0.15) is 113 Å². The van der Waals surface area contributed by atoms with Crippen molar-refractivity contribution in [3.8, 4) is 0 Å². The molecular formula is C52H62FN7O6. The molecule has 4 amide bonds. The van der Waals surface area contributed by atoms with Crippen LogP contribution in [-0.4, -0.2) is 96.7 Å². The van der Waals surface area contributed by atoms with Crippen molar-refractivity contribution < 1.29 is 33.0 Å². The zero-order valence-electron chi connectivity index (χ0n) is 38.8. The van der Waals surface area contributed by atoms with Gasteiger partial charge in [0, 0.05) is 55.4 Å². The van der Waals surface area contributed by atoms with Gasteiger partial charge in [-0.15, -0.1) is 0 Å². The molecule has 0 radical (unpaired) electrons. The van der Waals surface area contributed by atoms with Gasteiger partial charge >= 0.3 is 12.2 Å². The number of carbonyl (C=O) groups is 4. The average molecular weight is 900 g/mol. The number of amides is 4. The van der Waals surface area contributed by atoms with Crippen molar-refractivity contribution >= 4 is 52.3 Å². The number of benzene rings is 3. The first-order chi connectivity index (χ1) is 31.8. The number of halogens is 1. The number of rotatable bonds is 13. The summed E-state index contributed by atoms with van der Waals surface area (Å²) in [5, 5.41) is 5.46. The normalized spacial score (nSPS) is 22.5. The first kappa shape index (κ1) is 46.2. The summed E-state index contributed by atoms with van der Waals surface area (Å²) in [6.07, 6.45) is 9.13. The highest BCUT2D eigenvalue weighted by Crippen LogP contribution is 2.47. The molecule has 66 heavy (non-hydrogen) atoms. The van der Waals surface area contributed by atoms with E-state index in [0.717, 1.165) is 77.9 Å². The maximum absolute atomic E-state index is 14.3. The van der Waals surface area contributed by atoms with Crippen molar-refractivity contribution in [1.82, 2.24) is 20.4 Å².